The molecule has 0 atom stereocenters. The van der Waals surface area contributed by atoms with Crippen LogP contribution in [0.1, 0.15) is 25.3 Å². The maximum atomic E-state index is 5.70. The van der Waals surface area contributed by atoms with Crippen LogP contribution in [0.15, 0.2) is 16.7 Å². The molecule has 1 aromatic heterocycles. The third kappa shape index (κ3) is 8.36. The standard InChI is InChI=1S/C15H25BrN2O3/c1-3-5-17-11-13-10-14(16)12-18-15(13)21-9-8-20-7-4-6-19-2/h10,12,17H,3-9,11H2,1-2H3. The lowest BCUT2D eigenvalue weighted by Crippen LogP contribution is -2.16. The van der Waals surface area contributed by atoms with Crippen LogP contribution in [0.3, 0.4) is 0 Å². The van der Waals surface area contributed by atoms with Crippen LogP contribution < -0.4 is 10.1 Å². The van der Waals surface area contributed by atoms with Crippen molar-refractivity contribution in [1.82, 2.24) is 10.3 Å². The number of pyridine rings is 1. The fraction of sp³-hybridized carbons (Fsp3) is 0.667. The van der Waals surface area contributed by atoms with E-state index < -0.39 is 0 Å². The molecule has 0 bridgehead atoms. The van der Waals surface area contributed by atoms with Crippen molar-refractivity contribution >= 4 is 15.9 Å². The molecule has 120 valence electrons. The Morgan fingerprint density at radius 2 is 2.10 bits per heavy atom. The van der Waals surface area contributed by atoms with E-state index in [1.807, 2.05) is 6.07 Å². The first-order valence-electron chi connectivity index (χ1n) is 7.32. The lowest BCUT2D eigenvalue weighted by Gasteiger charge is -2.11. The van der Waals surface area contributed by atoms with Crippen molar-refractivity contribution in [3.8, 4) is 5.88 Å². The zero-order valence-electron chi connectivity index (χ0n) is 12.9. The summed E-state index contributed by atoms with van der Waals surface area (Å²) in [7, 11) is 1.69. The van der Waals surface area contributed by atoms with Gasteiger partial charge in [-0.25, -0.2) is 4.98 Å². The molecule has 1 rings (SSSR count). The topological polar surface area (TPSA) is 52.6 Å². The minimum atomic E-state index is 0.502. The van der Waals surface area contributed by atoms with Crippen molar-refractivity contribution in [3.63, 3.8) is 0 Å². The van der Waals surface area contributed by atoms with Gasteiger partial charge in [-0.3, -0.25) is 0 Å². The summed E-state index contributed by atoms with van der Waals surface area (Å²) in [6.07, 6.45) is 3.75. The number of nitrogens with zero attached hydrogens (tertiary/aromatic N) is 1. The molecule has 0 aliphatic rings. The normalized spacial score (nSPS) is 10.8. The summed E-state index contributed by atoms with van der Waals surface area (Å²) in [6.45, 7) is 6.35. The van der Waals surface area contributed by atoms with Crippen molar-refractivity contribution in [2.24, 2.45) is 0 Å². The zero-order valence-corrected chi connectivity index (χ0v) is 14.4. The van der Waals surface area contributed by atoms with Gasteiger partial charge in [0, 0.05) is 43.1 Å². The predicted octanol–water partition coefficient (Wildman–Crippen LogP) is 2.78. The van der Waals surface area contributed by atoms with Gasteiger partial charge in [0.05, 0.1) is 6.61 Å². The zero-order chi connectivity index (χ0) is 15.3. The lowest BCUT2D eigenvalue weighted by molar-refractivity contribution is 0.0792. The van der Waals surface area contributed by atoms with E-state index in [-0.39, 0.29) is 0 Å². The van der Waals surface area contributed by atoms with Crippen LogP contribution in [0, 0.1) is 0 Å². The van der Waals surface area contributed by atoms with E-state index in [0.717, 1.165) is 42.6 Å². The second kappa shape index (κ2) is 11.9. The fourth-order valence-electron chi connectivity index (χ4n) is 1.73. The van der Waals surface area contributed by atoms with Crippen molar-refractivity contribution in [2.75, 3.05) is 40.1 Å². The third-order valence-corrected chi connectivity index (χ3v) is 3.17. The highest BCUT2D eigenvalue weighted by Crippen LogP contribution is 2.19. The summed E-state index contributed by atoms with van der Waals surface area (Å²) >= 11 is 3.44. The van der Waals surface area contributed by atoms with Gasteiger partial charge in [-0.15, -0.1) is 0 Å². The second-order valence-corrected chi connectivity index (χ2v) is 5.52. The maximum absolute atomic E-state index is 5.70. The first kappa shape index (κ1) is 18.4. The van der Waals surface area contributed by atoms with Crippen molar-refractivity contribution in [2.45, 2.75) is 26.3 Å². The van der Waals surface area contributed by atoms with E-state index in [4.69, 9.17) is 14.2 Å². The average Bonchev–Trinajstić information content (AvgIpc) is 2.48. The maximum Gasteiger partial charge on any atom is 0.217 e. The Bertz CT molecular complexity index is 391. The van der Waals surface area contributed by atoms with Crippen LogP contribution >= 0.6 is 15.9 Å². The smallest absolute Gasteiger partial charge is 0.217 e. The number of nitrogens with one attached hydrogen (secondary N) is 1. The summed E-state index contributed by atoms with van der Waals surface area (Å²) in [5.74, 6) is 0.669. The number of hydrogen-bond acceptors (Lipinski definition) is 5. The molecule has 1 heterocycles. The van der Waals surface area contributed by atoms with Gasteiger partial charge in [-0.1, -0.05) is 6.92 Å². The Labute approximate surface area is 135 Å². The van der Waals surface area contributed by atoms with Gasteiger partial charge in [0.1, 0.15) is 6.61 Å². The summed E-state index contributed by atoms with van der Waals surface area (Å²) in [4.78, 5) is 4.32. The largest absolute Gasteiger partial charge is 0.475 e. The predicted molar refractivity (Wildman–Crippen MR) is 86.7 cm³/mol. The number of hydrogen-bond donors (Lipinski definition) is 1. The van der Waals surface area contributed by atoms with Gasteiger partial charge in [0.25, 0.3) is 0 Å². The molecule has 0 unspecified atom stereocenters. The molecule has 0 aliphatic heterocycles. The first-order valence-corrected chi connectivity index (χ1v) is 8.11. The highest BCUT2D eigenvalue weighted by molar-refractivity contribution is 9.10. The first-order chi connectivity index (χ1) is 10.3. The van der Waals surface area contributed by atoms with Gasteiger partial charge < -0.3 is 19.5 Å². The molecule has 1 aromatic rings. The second-order valence-electron chi connectivity index (χ2n) is 4.60. The molecule has 0 spiro atoms. The Morgan fingerprint density at radius 3 is 2.86 bits per heavy atom. The molecule has 0 radical (unpaired) electrons. The van der Waals surface area contributed by atoms with Crippen molar-refractivity contribution < 1.29 is 14.2 Å². The van der Waals surface area contributed by atoms with Gasteiger partial charge >= 0.3 is 0 Å². The van der Waals surface area contributed by atoms with Gasteiger partial charge in [0.2, 0.25) is 5.88 Å². The average molecular weight is 361 g/mol. The van der Waals surface area contributed by atoms with E-state index in [1.54, 1.807) is 13.3 Å². The molecular formula is C15H25BrN2O3. The van der Waals surface area contributed by atoms with Crippen LogP contribution in [0.5, 0.6) is 5.88 Å². The molecule has 0 saturated carbocycles. The highest BCUT2D eigenvalue weighted by atomic mass is 79.9. The summed E-state index contributed by atoms with van der Waals surface area (Å²) < 4.78 is 17.1. The van der Waals surface area contributed by atoms with Crippen molar-refractivity contribution in [1.29, 1.82) is 0 Å². The lowest BCUT2D eigenvalue weighted by atomic mass is 10.2. The van der Waals surface area contributed by atoms with Crippen LogP contribution in [-0.4, -0.2) is 45.1 Å². The van der Waals surface area contributed by atoms with E-state index in [1.165, 1.54) is 0 Å². The number of methoxy groups -OCH3 is 1. The van der Waals surface area contributed by atoms with Crippen molar-refractivity contribution in [3.05, 3.63) is 22.3 Å². The molecule has 0 aliphatic carbocycles. The van der Waals surface area contributed by atoms with Gasteiger partial charge in [-0.2, -0.15) is 0 Å². The van der Waals surface area contributed by atoms with E-state index >= 15 is 0 Å². The Balaban J connectivity index is 2.32. The number of aromatic nitrogens is 1. The highest BCUT2D eigenvalue weighted by Gasteiger charge is 2.06. The van der Waals surface area contributed by atoms with Crippen LogP contribution in [0.25, 0.3) is 0 Å². The van der Waals surface area contributed by atoms with E-state index in [0.29, 0.717) is 25.7 Å². The molecule has 0 fully saturated rings. The summed E-state index contributed by atoms with van der Waals surface area (Å²) in [5.41, 5.74) is 1.05. The molecule has 0 saturated heterocycles. The molecule has 6 heteroatoms. The van der Waals surface area contributed by atoms with E-state index in [9.17, 15) is 0 Å². The summed E-state index contributed by atoms with van der Waals surface area (Å²) in [6, 6.07) is 2.03. The third-order valence-electron chi connectivity index (χ3n) is 2.74. The monoisotopic (exact) mass is 360 g/mol. The summed E-state index contributed by atoms with van der Waals surface area (Å²) in [5, 5.41) is 3.36. The van der Waals surface area contributed by atoms with Crippen LogP contribution in [-0.2, 0) is 16.0 Å². The Hall–Kier alpha value is -0.690. The molecular weight excluding hydrogens is 336 g/mol. The molecule has 21 heavy (non-hydrogen) atoms. The minimum absolute atomic E-state index is 0.502. The van der Waals surface area contributed by atoms with Crippen LogP contribution in [0.2, 0.25) is 0 Å². The Morgan fingerprint density at radius 1 is 1.24 bits per heavy atom. The fourth-order valence-corrected chi connectivity index (χ4v) is 2.11. The SMILES string of the molecule is CCCNCc1cc(Br)cnc1OCCOCCCOC. The van der Waals surface area contributed by atoms with Gasteiger partial charge in [-0.05, 0) is 41.4 Å². The Kier molecular flexibility index (Phi) is 10.4. The van der Waals surface area contributed by atoms with Gasteiger partial charge in [0.15, 0.2) is 0 Å². The molecule has 0 aromatic carbocycles. The number of ether oxygens (including phenoxy) is 3. The molecule has 0 amide bonds. The minimum Gasteiger partial charge on any atom is -0.475 e. The van der Waals surface area contributed by atoms with E-state index in [2.05, 4.69) is 33.2 Å². The van der Waals surface area contributed by atoms with Crippen LogP contribution in [0.4, 0.5) is 0 Å². The number of halogens is 1. The quantitative estimate of drug-likeness (QED) is 0.580. The molecule has 1 N–H and O–H groups in total. The number of rotatable bonds is 12. The molecule has 5 nitrogen and oxygen atoms in total.